The number of halogens is 1. The van der Waals surface area contributed by atoms with Crippen molar-refractivity contribution in [1.82, 2.24) is 5.43 Å². The summed E-state index contributed by atoms with van der Waals surface area (Å²) in [6.45, 7) is 0. The maximum atomic E-state index is 12.8. The van der Waals surface area contributed by atoms with Gasteiger partial charge >= 0.3 is 0 Å². The van der Waals surface area contributed by atoms with E-state index in [9.17, 15) is 9.18 Å². The minimum atomic E-state index is -0.440. The molecule has 0 aliphatic rings. The second-order valence-corrected chi connectivity index (χ2v) is 4.28. The molecule has 0 atom stereocenters. The fourth-order valence-corrected chi connectivity index (χ4v) is 1.83. The Kier molecular flexibility index (Phi) is 5.08. The summed E-state index contributed by atoms with van der Waals surface area (Å²) in [6.07, 6.45) is 1.43. The van der Waals surface area contributed by atoms with Crippen molar-refractivity contribution in [3.8, 4) is 11.5 Å². The summed E-state index contributed by atoms with van der Waals surface area (Å²) in [5.74, 6) is 0.294. The molecule has 1 N–H and O–H groups in total. The van der Waals surface area contributed by atoms with Crippen molar-refractivity contribution in [1.29, 1.82) is 0 Å². The van der Waals surface area contributed by atoms with Gasteiger partial charge in [0, 0.05) is 5.56 Å². The Hall–Kier alpha value is -2.89. The normalized spacial score (nSPS) is 10.5. The first kappa shape index (κ1) is 15.5. The number of hydrazone groups is 1. The fourth-order valence-electron chi connectivity index (χ4n) is 1.83. The summed E-state index contributed by atoms with van der Waals surface area (Å²) in [5, 5.41) is 3.88. The minimum Gasteiger partial charge on any atom is -0.496 e. The number of methoxy groups -OCH3 is 2. The highest BCUT2D eigenvalue weighted by Gasteiger charge is 2.08. The van der Waals surface area contributed by atoms with Crippen LogP contribution in [-0.4, -0.2) is 26.3 Å². The highest BCUT2D eigenvalue weighted by atomic mass is 19.1. The number of ether oxygens (including phenoxy) is 2. The molecule has 0 aliphatic heterocycles. The zero-order valence-corrected chi connectivity index (χ0v) is 12.2. The molecule has 1 amide bonds. The molecule has 5 nitrogen and oxygen atoms in total. The SMILES string of the molecule is COc1cccc(OC)c1/C=N\NC(=O)c1ccc(F)cc1. The first-order valence-electron chi connectivity index (χ1n) is 6.45. The Balaban J connectivity index is 2.12. The molecule has 2 aromatic carbocycles. The van der Waals surface area contributed by atoms with Gasteiger partial charge in [-0.25, -0.2) is 9.82 Å². The largest absolute Gasteiger partial charge is 0.496 e. The molecule has 0 saturated heterocycles. The summed E-state index contributed by atoms with van der Waals surface area (Å²) in [4.78, 5) is 11.8. The molecule has 0 fully saturated rings. The molecule has 0 radical (unpaired) electrons. The Morgan fingerprint density at radius 1 is 1.09 bits per heavy atom. The van der Waals surface area contributed by atoms with E-state index < -0.39 is 11.7 Å². The average Bonchev–Trinajstić information content (AvgIpc) is 2.55. The zero-order valence-electron chi connectivity index (χ0n) is 12.2. The molecule has 22 heavy (non-hydrogen) atoms. The summed E-state index contributed by atoms with van der Waals surface area (Å²) in [7, 11) is 3.06. The first-order valence-corrected chi connectivity index (χ1v) is 6.45. The third kappa shape index (κ3) is 3.60. The molecular weight excluding hydrogens is 287 g/mol. The van der Waals surface area contributed by atoms with E-state index >= 15 is 0 Å². The van der Waals surface area contributed by atoms with Gasteiger partial charge in [-0.2, -0.15) is 5.10 Å². The quantitative estimate of drug-likeness (QED) is 0.682. The van der Waals surface area contributed by atoms with Gasteiger partial charge in [0.1, 0.15) is 17.3 Å². The fraction of sp³-hybridized carbons (Fsp3) is 0.125. The highest BCUT2D eigenvalue weighted by Crippen LogP contribution is 2.26. The van der Waals surface area contributed by atoms with Gasteiger partial charge in [0.15, 0.2) is 0 Å². The number of carbonyl (C=O) groups excluding carboxylic acids is 1. The Morgan fingerprint density at radius 2 is 1.68 bits per heavy atom. The van der Waals surface area contributed by atoms with Crippen LogP contribution in [0.25, 0.3) is 0 Å². The van der Waals surface area contributed by atoms with Crippen LogP contribution in [0, 0.1) is 5.82 Å². The van der Waals surface area contributed by atoms with Gasteiger partial charge < -0.3 is 9.47 Å². The van der Waals surface area contributed by atoms with Gasteiger partial charge in [0.2, 0.25) is 0 Å². The van der Waals surface area contributed by atoms with Crippen molar-refractivity contribution in [2.45, 2.75) is 0 Å². The maximum absolute atomic E-state index is 12.8. The van der Waals surface area contributed by atoms with E-state index in [1.165, 1.54) is 44.7 Å². The van der Waals surface area contributed by atoms with Crippen molar-refractivity contribution < 1.29 is 18.7 Å². The summed E-state index contributed by atoms with van der Waals surface area (Å²) >= 11 is 0. The zero-order chi connectivity index (χ0) is 15.9. The lowest BCUT2D eigenvalue weighted by atomic mass is 10.2. The van der Waals surface area contributed by atoms with Crippen LogP contribution in [0.1, 0.15) is 15.9 Å². The first-order chi connectivity index (χ1) is 10.7. The molecule has 0 bridgehead atoms. The lowest BCUT2D eigenvalue weighted by Crippen LogP contribution is -2.17. The molecule has 114 valence electrons. The van der Waals surface area contributed by atoms with E-state index in [1.807, 2.05) is 0 Å². The van der Waals surface area contributed by atoms with Crippen LogP contribution in [0.2, 0.25) is 0 Å². The van der Waals surface area contributed by atoms with Gasteiger partial charge in [-0.1, -0.05) is 6.07 Å². The van der Waals surface area contributed by atoms with Crippen molar-refractivity contribution >= 4 is 12.1 Å². The van der Waals surface area contributed by atoms with Crippen LogP contribution >= 0.6 is 0 Å². The smallest absolute Gasteiger partial charge is 0.271 e. The molecule has 0 heterocycles. The van der Waals surface area contributed by atoms with Gasteiger partial charge in [-0.05, 0) is 36.4 Å². The molecule has 0 unspecified atom stereocenters. The third-order valence-electron chi connectivity index (χ3n) is 2.93. The summed E-state index contributed by atoms with van der Waals surface area (Å²) < 4.78 is 23.2. The van der Waals surface area contributed by atoms with E-state index in [1.54, 1.807) is 18.2 Å². The van der Waals surface area contributed by atoms with Crippen molar-refractivity contribution in [2.75, 3.05) is 14.2 Å². The second kappa shape index (κ2) is 7.21. The van der Waals surface area contributed by atoms with E-state index in [2.05, 4.69) is 10.5 Å². The highest BCUT2D eigenvalue weighted by molar-refractivity contribution is 5.95. The number of carbonyl (C=O) groups is 1. The van der Waals surface area contributed by atoms with Crippen LogP contribution in [0.15, 0.2) is 47.6 Å². The number of hydrogen-bond donors (Lipinski definition) is 1. The Bertz CT molecular complexity index is 662. The predicted octanol–water partition coefficient (Wildman–Crippen LogP) is 2.61. The number of nitrogens with one attached hydrogen (secondary N) is 1. The number of rotatable bonds is 5. The summed E-state index contributed by atoms with van der Waals surface area (Å²) in [5.41, 5.74) is 3.28. The topological polar surface area (TPSA) is 59.9 Å². The Morgan fingerprint density at radius 3 is 2.23 bits per heavy atom. The van der Waals surface area contributed by atoms with E-state index in [4.69, 9.17) is 9.47 Å². The monoisotopic (exact) mass is 302 g/mol. The number of nitrogens with zero attached hydrogens (tertiary/aromatic N) is 1. The van der Waals surface area contributed by atoms with Gasteiger partial charge in [-0.15, -0.1) is 0 Å². The van der Waals surface area contributed by atoms with Crippen LogP contribution in [0.5, 0.6) is 11.5 Å². The van der Waals surface area contributed by atoms with Crippen LogP contribution < -0.4 is 14.9 Å². The molecule has 0 aliphatic carbocycles. The summed E-state index contributed by atoms with van der Waals surface area (Å²) in [6, 6.07) is 10.5. The van der Waals surface area contributed by atoms with Crippen molar-refractivity contribution in [2.24, 2.45) is 5.10 Å². The minimum absolute atomic E-state index is 0.311. The molecule has 2 aromatic rings. The van der Waals surface area contributed by atoms with E-state index in [0.29, 0.717) is 22.6 Å². The average molecular weight is 302 g/mol. The molecule has 6 heteroatoms. The number of benzene rings is 2. The number of hydrogen-bond acceptors (Lipinski definition) is 4. The van der Waals surface area contributed by atoms with Crippen molar-refractivity contribution in [3.05, 3.63) is 59.4 Å². The van der Waals surface area contributed by atoms with Crippen LogP contribution in [0.3, 0.4) is 0 Å². The second-order valence-electron chi connectivity index (χ2n) is 4.28. The standard InChI is InChI=1S/C16H15FN2O3/c1-21-14-4-3-5-15(22-2)13(14)10-18-19-16(20)11-6-8-12(17)9-7-11/h3-10H,1-2H3,(H,19,20)/b18-10-. The maximum Gasteiger partial charge on any atom is 0.271 e. The van der Waals surface area contributed by atoms with E-state index in [-0.39, 0.29) is 0 Å². The van der Waals surface area contributed by atoms with Crippen molar-refractivity contribution in [3.63, 3.8) is 0 Å². The van der Waals surface area contributed by atoms with E-state index in [0.717, 1.165) is 0 Å². The van der Waals surface area contributed by atoms with Gasteiger partial charge in [0.25, 0.3) is 5.91 Å². The predicted molar refractivity (Wildman–Crippen MR) is 81.0 cm³/mol. The molecule has 2 rings (SSSR count). The molecule has 0 spiro atoms. The molecule has 0 saturated carbocycles. The van der Waals surface area contributed by atoms with Crippen LogP contribution in [-0.2, 0) is 0 Å². The number of amides is 1. The Labute approximate surface area is 127 Å². The van der Waals surface area contributed by atoms with Gasteiger partial charge in [-0.3, -0.25) is 4.79 Å². The van der Waals surface area contributed by atoms with Gasteiger partial charge in [0.05, 0.1) is 26.0 Å². The van der Waals surface area contributed by atoms with Crippen LogP contribution in [0.4, 0.5) is 4.39 Å². The lowest BCUT2D eigenvalue weighted by molar-refractivity contribution is 0.0955. The third-order valence-corrected chi connectivity index (χ3v) is 2.93. The molecule has 0 aromatic heterocycles. The lowest BCUT2D eigenvalue weighted by Gasteiger charge is -2.09. The molecular formula is C16H15FN2O3.